The number of nitrogens with one attached hydrogen (secondary N) is 2. The van der Waals surface area contributed by atoms with Gasteiger partial charge in [-0.05, 0) is 62.3 Å². The molecule has 3 aliphatic rings. The standard InChI is InChI=1S/C31H32Cl3FN4O3/c1-17-7-10-24(35)29(27(17)33)41-11-3-5-19-16-42-30(38-19)22-12-20-13-36-14-25(37-20)26(22)31(40)39(21-8-9-21)15-18-4-2-6-23(32)28(18)34/h2,4,6-7,10,16,20-21,25,36-37H,3,5,8-9,11-15H2,1H3/t20?,25-/m1/s1. The molecule has 2 atom stereocenters. The molecule has 222 valence electrons. The van der Waals surface area contributed by atoms with Crippen molar-refractivity contribution in [3.05, 3.63) is 85.8 Å². The first kappa shape index (κ1) is 29.5. The van der Waals surface area contributed by atoms with Crippen LogP contribution in [0.1, 0.15) is 48.4 Å². The predicted molar refractivity (Wildman–Crippen MR) is 162 cm³/mol. The number of hydrogen-bond donors (Lipinski definition) is 2. The Kier molecular flexibility index (Phi) is 8.80. The lowest BCUT2D eigenvalue weighted by Gasteiger charge is -2.40. The molecule has 0 spiro atoms. The molecule has 2 bridgehead atoms. The first-order valence-corrected chi connectivity index (χ1v) is 15.4. The number of fused-ring (bicyclic) bond motifs is 2. The van der Waals surface area contributed by atoms with Gasteiger partial charge < -0.3 is 24.7 Å². The number of aryl methyl sites for hydroxylation is 2. The third-order valence-electron chi connectivity index (χ3n) is 8.03. The van der Waals surface area contributed by atoms with E-state index in [4.69, 9.17) is 48.9 Å². The van der Waals surface area contributed by atoms with Crippen LogP contribution in [0.2, 0.25) is 15.1 Å². The fourth-order valence-electron chi connectivity index (χ4n) is 5.68. The Balaban J connectivity index is 1.21. The van der Waals surface area contributed by atoms with E-state index in [9.17, 15) is 9.18 Å². The van der Waals surface area contributed by atoms with E-state index in [1.807, 2.05) is 17.0 Å². The highest BCUT2D eigenvalue weighted by Crippen LogP contribution is 2.37. The molecule has 0 radical (unpaired) electrons. The molecule has 1 aromatic heterocycles. The number of benzene rings is 2. The molecular formula is C31H32Cl3FN4O3. The molecule has 6 rings (SSSR count). The van der Waals surface area contributed by atoms with E-state index in [1.54, 1.807) is 25.3 Å². The van der Waals surface area contributed by atoms with Crippen LogP contribution in [-0.4, -0.2) is 53.6 Å². The maximum Gasteiger partial charge on any atom is 0.252 e. The number of amides is 1. The van der Waals surface area contributed by atoms with Gasteiger partial charge in [-0.2, -0.15) is 0 Å². The molecule has 2 fully saturated rings. The summed E-state index contributed by atoms with van der Waals surface area (Å²) in [6.45, 7) is 3.90. The van der Waals surface area contributed by atoms with Crippen LogP contribution in [0.5, 0.6) is 5.75 Å². The highest BCUT2D eigenvalue weighted by Gasteiger charge is 2.42. The van der Waals surface area contributed by atoms with Crippen LogP contribution < -0.4 is 15.4 Å². The quantitative estimate of drug-likeness (QED) is 0.253. The molecule has 11 heteroatoms. The Morgan fingerprint density at radius 1 is 1.17 bits per heavy atom. The van der Waals surface area contributed by atoms with Gasteiger partial charge in [-0.3, -0.25) is 4.79 Å². The lowest BCUT2D eigenvalue weighted by Crippen LogP contribution is -2.60. The zero-order valence-electron chi connectivity index (χ0n) is 23.2. The zero-order chi connectivity index (χ0) is 29.4. The summed E-state index contributed by atoms with van der Waals surface area (Å²) in [5, 5.41) is 8.30. The summed E-state index contributed by atoms with van der Waals surface area (Å²) in [5.74, 6) is 0.0209. The van der Waals surface area contributed by atoms with Gasteiger partial charge in [-0.25, -0.2) is 9.37 Å². The van der Waals surface area contributed by atoms with Crippen LogP contribution in [0.3, 0.4) is 0 Å². The molecule has 2 N–H and O–H groups in total. The largest absolute Gasteiger partial charge is 0.489 e. The Hall–Kier alpha value is -2.62. The van der Waals surface area contributed by atoms with Gasteiger partial charge in [-0.15, -0.1) is 0 Å². The van der Waals surface area contributed by atoms with Gasteiger partial charge in [-0.1, -0.05) is 53.0 Å². The molecule has 7 nitrogen and oxygen atoms in total. The van der Waals surface area contributed by atoms with Crippen LogP contribution in [0.25, 0.3) is 5.57 Å². The molecule has 1 aliphatic carbocycles. The first-order valence-electron chi connectivity index (χ1n) is 14.3. The molecule has 1 saturated carbocycles. The second-order valence-corrected chi connectivity index (χ2v) is 12.3. The second-order valence-electron chi connectivity index (χ2n) is 11.2. The number of hydrogen-bond acceptors (Lipinski definition) is 6. The summed E-state index contributed by atoms with van der Waals surface area (Å²) in [7, 11) is 0. The van der Waals surface area contributed by atoms with Crippen molar-refractivity contribution in [2.45, 2.75) is 63.7 Å². The van der Waals surface area contributed by atoms with Gasteiger partial charge in [0, 0.05) is 42.9 Å². The maximum absolute atomic E-state index is 14.3. The van der Waals surface area contributed by atoms with E-state index < -0.39 is 5.82 Å². The van der Waals surface area contributed by atoms with Crippen molar-refractivity contribution >= 4 is 46.3 Å². The minimum atomic E-state index is -0.484. The minimum Gasteiger partial charge on any atom is -0.489 e. The monoisotopic (exact) mass is 632 g/mol. The highest BCUT2D eigenvalue weighted by atomic mass is 35.5. The SMILES string of the molecule is Cc1ccc(F)c(OCCCc2coc(C3=C(C(=O)N(Cc4cccc(Cl)c4Cl)C4CC4)[C@H]4CNCC(C3)N4)n2)c1Cl. The lowest BCUT2D eigenvalue weighted by atomic mass is 9.86. The number of rotatable bonds is 10. The van der Waals surface area contributed by atoms with E-state index in [2.05, 4.69) is 10.6 Å². The van der Waals surface area contributed by atoms with Crippen molar-refractivity contribution < 1.29 is 18.3 Å². The van der Waals surface area contributed by atoms with E-state index in [0.717, 1.165) is 41.8 Å². The second kappa shape index (κ2) is 12.5. The van der Waals surface area contributed by atoms with E-state index >= 15 is 0 Å². The predicted octanol–water partition coefficient (Wildman–Crippen LogP) is 6.37. The molecule has 3 aromatic rings. The molecule has 1 amide bonds. The Labute approximate surface area is 259 Å². The normalized spacial score (nSPS) is 20.1. The molecule has 1 unspecified atom stereocenters. The van der Waals surface area contributed by atoms with Crippen LogP contribution >= 0.6 is 34.8 Å². The average molecular weight is 634 g/mol. The Bertz CT molecular complexity index is 1520. The number of nitrogens with zero attached hydrogens (tertiary/aromatic N) is 2. The highest BCUT2D eigenvalue weighted by molar-refractivity contribution is 6.42. The fraction of sp³-hybridized carbons (Fsp3) is 0.419. The molecule has 3 heterocycles. The molecule has 2 aliphatic heterocycles. The third-order valence-corrected chi connectivity index (χ3v) is 9.35. The van der Waals surface area contributed by atoms with Gasteiger partial charge in [0.05, 0.1) is 33.4 Å². The zero-order valence-corrected chi connectivity index (χ0v) is 25.5. The van der Waals surface area contributed by atoms with Crippen LogP contribution in [0.4, 0.5) is 4.39 Å². The summed E-state index contributed by atoms with van der Waals surface area (Å²) in [6.07, 6.45) is 5.31. The Morgan fingerprint density at radius 3 is 2.81 bits per heavy atom. The summed E-state index contributed by atoms with van der Waals surface area (Å²) in [6, 6.07) is 8.66. The van der Waals surface area contributed by atoms with Crippen molar-refractivity contribution in [1.29, 1.82) is 0 Å². The maximum atomic E-state index is 14.3. The number of carbonyl (C=O) groups is 1. The minimum absolute atomic E-state index is 0.0339. The average Bonchev–Trinajstić information content (AvgIpc) is 3.71. The Morgan fingerprint density at radius 2 is 2.00 bits per heavy atom. The molecular weight excluding hydrogens is 602 g/mol. The van der Waals surface area contributed by atoms with Crippen molar-refractivity contribution in [2.75, 3.05) is 19.7 Å². The van der Waals surface area contributed by atoms with E-state index in [0.29, 0.717) is 53.9 Å². The van der Waals surface area contributed by atoms with E-state index in [1.165, 1.54) is 6.07 Å². The van der Waals surface area contributed by atoms with Crippen molar-refractivity contribution in [3.8, 4) is 5.75 Å². The smallest absolute Gasteiger partial charge is 0.252 e. The van der Waals surface area contributed by atoms with Gasteiger partial charge in [0.2, 0.25) is 5.89 Å². The fourth-order valence-corrected chi connectivity index (χ4v) is 6.27. The van der Waals surface area contributed by atoms with E-state index in [-0.39, 0.29) is 41.4 Å². The summed E-state index contributed by atoms with van der Waals surface area (Å²) >= 11 is 19.0. The number of carbonyl (C=O) groups excluding carboxylic acids is 1. The molecule has 1 saturated heterocycles. The van der Waals surface area contributed by atoms with Crippen molar-refractivity contribution in [2.24, 2.45) is 0 Å². The third kappa shape index (κ3) is 6.19. The number of halogens is 4. The number of oxazole rings is 1. The number of ether oxygens (including phenoxy) is 1. The number of aromatic nitrogens is 1. The summed E-state index contributed by atoms with van der Waals surface area (Å²) < 4.78 is 25.8. The summed E-state index contributed by atoms with van der Waals surface area (Å²) in [5.41, 5.74) is 3.85. The molecule has 2 aromatic carbocycles. The topological polar surface area (TPSA) is 79.6 Å². The van der Waals surface area contributed by atoms with Crippen molar-refractivity contribution in [3.63, 3.8) is 0 Å². The van der Waals surface area contributed by atoms with Gasteiger partial charge >= 0.3 is 0 Å². The molecule has 42 heavy (non-hydrogen) atoms. The van der Waals surface area contributed by atoms with Gasteiger partial charge in [0.25, 0.3) is 5.91 Å². The van der Waals surface area contributed by atoms with Gasteiger partial charge in [0.15, 0.2) is 11.6 Å². The van der Waals surface area contributed by atoms with Crippen LogP contribution in [-0.2, 0) is 17.8 Å². The van der Waals surface area contributed by atoms with Crippen LogP contribution in [0.15, 0.2) is 46.6 Å². The lowest BCUT2D eigenvalue weighted by molar-refractivity contribution is -0.128. The van der Waals surface area contributed by atoms with Crippen LogP contribution in [0, 0.1) is 12.7 Å². The van der Waals surface area contributed by atoms with Gasteiger partial charge in [0.1, 0.15) is 6.26 Å². The number of piperazine rings is 1. The van der Waals surface area contributed by atoms with Crippen molar-refractivity contribution in [1.82, 2.24) is 20.5 Å². The summed E-state index contributed by atoms with van der Waals surface area (Å²) in [4.78, 5) is 21.0. The first-order chi connectivity index (χ1) is 20.3.